The second kappa shape index (κ2) is 4.26. The van der Waals surface area contributed by atoms with E-state index in [1.807, 2.05) is 26.2 Å². The Balaban J connectivity index is 2.38. The fourth-order valence-electron chi connectivity index (χ4n) is 2.20. The Morgan fingerprint density at radius 1 is 1.44 bits per heavy atom. The zero-order chi connectivity index (χ0) is 11.7. The smallest absolute Gasteiger partial charge is 0.335 e. The van der Waals surface area contributed by atoms with Crippen LogP contribution in [0.3, 0.4) is 0 Å². The maximum Gasteiger partial charge on any atom is 0.335 e. The topological polar surface area (TPSA) is 40.5 Å². The highest BCUT2D eigenvalue weighted by molar-refractivity contribution is 5.90. The predicted octanol–water partition coefficient (Wildman–Crippen LogP) is 1.81. The molecule has 0 spiro atoms. The molecule has 0 fully saturated rings. The maximum atomic E-state index is 11.1. The van der Waals surface area contributed by atoms with Gasteiger partial charge < -0.3 is 10.0 Å². The fourth-order valence-corrected chi connectivity index (χ4v) is 2.20. The van der Waals surface area contributed by atoms with Gasteiger partial charge in [0.15, 0.2) is 0 Å². The van der Waals surface area contributed by atoms with Crippen LogP contribution in [-0.4, -0.2) is 36.1 Å². The van der Waals surface area contributed by atoms with Gasteiger partial charge in [-0.05, 0) is 44.1 Å². The van der Waals surface area contributed by atoms with Crippen LogP contribution in [0.1, 0.15) is 27.9 Å². The molecule has 0 aromatic heterocycles. The van der Waals surface area contributed by atoms with Crippen molar-refractivity contribution in [2.75, 3.05) is 14.1 Å². The van der Waals surface area contributed by atoms with Gasteiger partial charge in [-0.2, -0.15) is 0 Å². The molecule has 1 atom stereocenters. The molecule has 1 aromatic rings. The lowest BCUT2D eigenvalue weighted by molar-refractivity contribution is 0.0695. The van der Waals surface area contributed by atoms with Crippen LogP contribution in [0.5, 0.6) is 0 Å². The van der Waals surface area contributed by atoms with Gasteiger partial charge in [-0.3, -0.25) is 0 Å². The molecule has 2 rings (SSSR count). The van der Waals surface area contributed by atoms with Gasteiger partial charge >= 0.3 is 5.97 Å². The number of fused-ring (bicyclic) bond motifs is 1. The fraction of sp³-hybridized carbons (Fsp3) is 0.385. The highest BCUT2D eigenvalue weighted by atomic mass is 16.4. The molecular formula is C13H16NO2. The van der Waals surface area contributed by atoms with E-state index in [9.17, 15) is 4.79 Å². The molecule has 0 aliphatic heterocycles. The third kappa shape index (κ3) is 1.95. The zero-order valence-corrected chi connectivity index (χ0v) is 9.60. The summed E-state index contributed by atoms with van der Waals surface area (Å²) in [4.78, 5) is 13.2. The molecule has 3 heteroatoms. The summed E-state index contributed by atoms with van der Waals surface area (Å²) in [6.07, 6.45) is 4.08. The summed E-state index contributed by atoms with van der Waals surface area (Å²) >= 11 is 0. The minimum Gasteiger partial charge on any atom is -0.478 e. The molecule has 0 saturated heterocycles. The molecule has 85 valence electrons. The number of aromatic carboxylic acids is 1. The SMILES string of the molecule is CN(C)C1[CH]c2c(cccc2C(=O)O)CC1. The van der Waals surface area contributed by atoms with Gasteiger partial charge in [0, 0.05) is 12.5 Å². The van der Waals surface area contributed by atoms with Gasteiger partial charge in [0.25, 0.3) is 0 Å². The average molecular weight is 218 g/mol. The first kappa shape index (κ1) is 11.1. The number of benzene rings is 1. The van der Waals surface area contributed by atoms with E-state index >= 15 is 0 Å². The number of likely N-dealkylation sites (N-methyl/N-ethyl adjacent to an activating group) is 1. The van der Waals surface area contributed by atoms with E-state index in [1.165, 1.54) is 0 Å². The van der Waals surface area contributed by atoms with Gasteiger partial charge in [0.1, 0.15) is 0 Å². The molecule has 1 aliphatic rings. The molecule has 0 amide bonds. The van der Waals surface area contributed by atoms with Crippen LogP contribution < -0.4 is 0 Å². The Bertz CT molecular complexity index is 412. The van der Waals surface area contributed by atoms with Crippen molar-refractivity contribution >= 4 is 5.97 Å². The van der Waals surface area contributed by atoms with E-state index in [0.717, 1.165) is 24.0 Å². The molecule has 1 aliphatic carbocycles. The lowest BCUT2D eigenvalue weighted by atomic mass is 9.85. The first-order chi connectivity index (χ1) is 7.59. The summed E-state index contributed by atoms with van der Waals surface area (Å²) in [7, 11) is 4.05. The van der Waals surface area contributed by atoms with Gasteiger partial charge in [-0.1, -0.05) is 12.1 Å². The minimum absolute atomic E-state index is 0.341. The standard InChI is InChI=1S/C13H16NO2/c1-14(2)10-7-6-9-4-3-5-11(13(15)16)12(9)8-10/h3-5,8,10H,6-7H2,1-2H3,(H,15,16). The summed E-state index contributed by atoms with van der Waals surface area (Å²) in [5.74, 6) is -0.840. The first-order valence-electron chi connectivity index (χ1n) is 5.46. The van der Waals surface area contributed by atoms with Crippen LogP contribution >= 0.6 is 0 Å². The number of rotatable bonds is 2. The monoisotopic (exact) mass is 218 g/mol. The van der Waals surface area contributed by atoms with Crippen molar-refractivity contribution < 1.29 is 9.90 Å². The van der Waals surface area contributed by atoms with E-state index in [-0.39, 0.29) is 0 Å². The Morgan fingerprint density at radius 2 is 2.19 bits per heavy atom. The number of carbonyl (C=O) groups is 1. The van der Waals surface area contributed by atoms with Gasteiger partial charge in [0.05, 0.1) is 5.56 Å². The number of carboxylic acids is 1. The third-order valence-electron chi connectivity index (χ3n) is 3.16. The van der Waals surface area contributed by atoms with Gasteiger partial charge in [-0.15, -0.1) is 0 Å². The van der Waals surface area contributed by atoms with E-state index in [4.69, 9.17) is 5.11 Å². The molecule has 0 saturated carbocycles. The molecule has 0 heterocycles. The molecular weight excluding hydrogens is 202 g/mol. The number of hydrogen-bond acceptors (Lipinski definition) is 2. The Morgan fingerprint density at radius 3 is 2.81 bits per heavy atom. The Labute approximate surface area is 95.7 Å². The molecule has 0 bridgehead atoms. The second-order valence-electron chi connectivity index (χ2n) is 4.42. The van der Waals surface area contributed by atoms with Crippen LogP contribution in [0.15, 0.2) is 18.2 Å². The number of carboxylic acid groups (broad SMARTS) is 1. The molecule has 1 N–H and O–H groups in total. The summed E-state index contributed by atoms with van der Waals surface area (Å²) in [6.45, 7) is 0. The van der Waals surface area contributed by atoms with E-state index in [1.54, 1.807) is 6.07 Å². The second-order valence-corrected chi connectivity index (χ2v) is 4.42. The van der Waals surface area contributed by atoms with Crippen LogP contribution in [0.2, 0.25) is 0 Å². The van der Waals surface area contributed by atoms with Crippen molar-refractivity contribution in [3.8, 4) is 0 Å². The van der Waals surface area contributed by atoms with Gasteiger partial charge in [0.2, 0.25) is 0 Å². The predicted molar refractivity (Wildman–Crippen MR) is 62.6 cm³/mol. The normalized spacial score (nSPS) is 19.6. The van der Waals surface area contributed by atoms with Crippen molar-refractivity contribution in [3.05, 3.63) is 41.3 Å². The van der Waals surface area contributed by atoms with E-state index < -0.39 is 5.97 Å². The first-order valence-corrected chi connectivity index (χ1v) is 5.46. The summed E-state index contributed by atoms with van der Waals surface area (Å²) in [5, 5.41) is 9.13. The van der Waals surface area contributed by atoms with Crippen LogP contribution in [-0.2, 0) is 6.42 Å². The Hall–Kier alpha value is -1.35. The maximum absolute atomic E-state index is 11.1. The quantitative estimate of drug-likeness (QED) is 0.823. The van der Waals surface area contributed by atoms with Crippen LogP contribution in [0, 0.1) is 6.42 Å². The molecule has 16 heavy (non-hydrogen) atoms. The van der Waals surface area contributed by atoms with E-state index in [0.29, 0.717) is 11.6 Å². The lowest BCUT2D eigenvalue weighted by Gasteiger charge is -2.30. The molecule has 1 aromatic carbocycles. The molecule has 1 unspecified atom stereocenters. The number of aryl methyl sites for hydroxylation is 1. The third-order valence-corrected chi connectivity index (χ3v) is 3.16. The van der Waals surface area contributed by atoms with Crippen molar-refractivity contribution in [2.24, 2.45) is 0 Å². The number of hydrogen-bond donors (Lipinski definition) is 1. The van der Waals surface area contributed by atoms with E-state index in [2.05, 4.69) is 11.3 Å². The largest absolute Gasteiger partial charge is 0.478 e. The van der Waals surface area contributed by atoms with Gasteiger partial charge in [-0.25, -0.2) is 4.79 Å². The summed E-state index contributed by atoms with van der Waals surface area (Å²) in [6, 6.07) is 5.86. The van der Waals surface area contributed by atoms with Crippen molar-refractivity contribution in [1.29, 1.82) is 0 Å². The lowest BCUT2D eigenvalue weighted by Crippen LogP contribution is -2.32. The highest BCUT2D eigenvalue weighted by Gasteiger charge is 2.24. The zero-order valence-electron chi connectivity index (χ0n) is 9.60. The van der Waals surface area contributed by atoms with Crippen molar-refractivity contribution in [2.45, 2.75) is 18.9 Å². The average Bonchev–Trinajstić information content (AvgIpc) is 2.27. The highest BCUT2D eigenvalue weighted by Crippen LogP contribution is 2.28. The summed E-state index contributed by atoms with van der Waals surface area (Å²) < 4.78 is 0. The van der Waals surface area contributed by atoms with Crippen molar-refractivity contribution in [1.82, 2.24) is 4.90 Å². The molecule has 3 nitrogen and oxygen atoms in total. The van der Waals surface area contributed by atoms with Crippen LogP contribution in [0.25, 0.3) is 0 Å². The molecule has 1 radical (unpaired) electrons. The minimum atomic E-state index is -0.840. The summed E-state index contributed by atoms with van der Waals surface area (Å²) in [5.41, 5.74) is 2.47. The Kier molecular flexibility index (Phi) is 2.97. The van der Waals surface area contributed by atoms with Crippen LogP contribution in [0.4, 0.5) is 0 Å². The number of nitrogens with zero attached hydrogens (tertiary/aromatic N) is 1. The van der Waals surface area contributed by atoms with Crippen molar-refractivity contribution in [3.63, 3.8) is 0 Å².